The minimum absolute atomic E-state index is 0.113. The number of amides is 1. The molecule has 1 unspecified atom stereocenters. The summed E-state index contributed by atoms with van der Waals surface area (Å²) in [5, 5.41) is 3.85. The highest BCUT2D eigenvalue weighted by atomic mass is 16.5. The maximum atomic E-state index is 12.5. The van der Waals surface area contributed by atoms with Crippen molar-refractivity contribution in [1.29, 1.82) is 0 Å². The molecular formula is C18H19N3O5. The van der Waals surface area contributed by atoms with Crippen molar-refractivity contribution in [3.05, 3.63) is 60.1 Å². The van der Waals surface area contributed by atoms with Gasteiger partial charge in [0.1, 0.15) is 29.7 Å². The summed E-state index contributed by atoms with van der Waals surface area (Å²) < 4.78 is 20.8. The lowest BCUT2D eigenvalue weighted by Gasteiger charge is -2.21. The van der Waals surface area contributed by atoms with Gasteiger partial charge in [0.2, 0.25) is 5.89 Å². The van der Waals surface area contributed by atoms with Gasteiger partial charge in [-0.15, -0.1) is 0 Å². The third kappa shape index (κ3) is 3.85. The number of oxazole rings is 1. The van der Waals surface area contributed by atoms with Gasteiger partial charge in [-0.3, -0.25) is 4.79 Å². The molecule has 0 fully saturated rings. The molecule has 1 amide bonds. The predicted molar refractivity (Wildman–Crippen MR) is 90.8 cm³/mol. The maximum absolute atomic E-state index is 12.5. The summed E-state index contributed by atoms with van der Waals surface area (Å²) in [6, 6.07) is 8.60. The van der Waals surface area contributed by atoms with Gasteiger partial charge >= 0.3 is 0 Å². The van der Waals surface area contributed by atoms with Crippen molar-refractivity contribution >= 4 is 5.91 Å². The van der Waals surface area contributed by atoms with E-state index in [4.69, 9.17) is 18.4 Å². The van der Waals surface area contributed by atoms with Gasteiger partial charge in [0, 0.05) is 13.1 Å². The quantitative estimate of drug-likeness (QED) is 0.642. The second kappa shape index (κ2) is 7.73. The molecule has 0 aliphatic heterocycles. The lowest BCUT2D eigenvalue weighted by atomic mass is 10.2. The molecule has 0 saturated heterocycles. The highest BCUT2D eigenvalue weighted by Gasteiger charge is 2.23. The molecule has 0 radical (unpaired) electrons. The lowest BCUT2D eigenvalue weighted by Crippen LogP contribution is -2.30. The van der Waals surface area contributed by atoms with Crippen LogP contribution in [0.4, 0.5) is 0 Å². The van der Waals surface area contributed by atoms with E-state index in [0.717, 1.165) is 5.75 Å². The molecule has 1 aromatic carbocycles. The molecule has 0 saturated carbocycles. The molecule has 0 aliphatic rings. The zero-order chi connectivity index (χ0) is 18.5. The maximum Gasteiger partial charge on any atom is 0.276 e. The zero-order valence-corrected chi connectivity index (χ0v) is 14.7. The fraction of sp³-hybridized carbons (Fsp3) is 0.278. The van der Waals surface area contributed by atoms with Crippen molar-refractivity contribution in [3.8, 4) is 11.5 Å². The molecule has 2 heterocycles. The monoisotopic (exact) mass is 357 g/mol. The highest BCUT2D eigenvalue weighted by molar-refractivity contribution is 5.92. The number of benzene rings is 1. The number of hydrogen-bond acceptors (Lipinski definition) is 7. The molecule has 2 aromatic heterocycles. The fourth-order valence-corrected chi connectivity index (χ4v) is 2.28. The minimum Gasteiger partial charge on any atom is -0.497 e. The Morgan fingerprint density at radius 1 is 1.23 bits per heavy atom. The largest absolute Gasteiger partial charge is 0.497 e. The van der Waals surface area contributed by atoms with E-state index in [2.05, 4.69) is 10.1 Å². The summed E-state index contributed by atoms with van der Waals surface area (Å²) >= 11 is 0. The van der Waals surface area contributed by atoms with E-state index in [1.54, 1.807) is 44.5 Å². The summed E-state index contributed by atoms with van der Waals surface area (Å²) in [5.41, 5.74) is 0.864. The van der Waals surface area contributed by atoms with Crippen LogP contribution < -0.4 is 9.47 Å². The first-order valence-electron chi connectivity index (χ1n) is 7.97. The SMILES string of the molecule is COc1ccc(OCc2nc(C(=O)N(C)C(C)c3ccon3)co2)cc1. The smallest absolute Gasteiger partial charge is 0.276 e. The molecule has 0 N–H and O–H groups in total. The summed E-state index contributed by atoms with van der Waals surface area (Å²) in [7, 11) is 3.27. The third-order valence-electron chi connectivity index (χ3n) is 3.98. The van der Waals surface area contributed by atoms with Crippen molar-refractivity contribution in [1.82, 2.24) is 15.0 Å². The van der Waals surface area contributed by atoms with Gasteiger partial charge in [0.25, 0.3) is 5.91 Å². The lowest BCUT2D eigenvalue weighted by molar-refractivity contribution is 0.0731. The van der Waals surface area contributed by atoms with E-state index in [9.17, 15) is 4.79 Å². The Bertz CT molecular complexity index is 842. The van der Waals surface area contributed by atoms with Gasteiger partial charge in [-0.05, 0) is 31.2 Å². The van der Waals surface area contributed by atoms with Crippen LogP contribution in [0.2, 0.25) is 0 Å². The first-order chi connectivity index (χ1) is 12.6. The zero-order valence-electron chi connectivity index (χ0n) is 14.7. The molecule has 1 atom stereocenters. The molecule has 3 aromatic rings. The van der Waals surface area contributed by atoms with Crippen LogP contribution in [0.3, 0.4) is 0 Å². The van der Waals surface area contributed by atoms with Gasteiger partial charge < -0.3 is 23.3 Å². The van der Waals surface area contributed by atoms with E-state index in [1.807, 2.05) is 6.92 Å². The Hall–Kier alpha value is -3.29. The summed E-state index contributed by atoms with van der Waals surface area (Å²) in [5.74, 6) is 1.42. The normalized spacial score (nSPS) is 11.8. The predicted octanol–water partition coefficient (Wildman–Crippen LogP) is 3.08. The number of carbonyl (C=O) groups is 1. The van der Waals surface area contributed by atoms with E-state index in [1.165, 1.54) is 17.4 Å². The standard InChI is InChI=1S/C18H19N3O5/c1-12(15-8-9-26-20-15)21(2)18(22)16-10-25-17(19-16)11-24-14-6-4-13(23-3)5-7-14/h4-10,12H,11H2,1-3H3. The number of ether oxygens (including phenoxy) is 2. The van der Waals surface area contributed by atoms with E-state index < -0.39 is 0 Å². The summed E-state index contributed by atoms with van der Waals surface area (Å²) in [4.78, 5) is 18.2. The van der Waals surface area contributed by atoms with Gasteiger partial charge in [0.15, 0.2) is 12.3 Å². The van der Waals surface area contributed by atoms with Crippen molar-refractivity contribution in [2.75, 3.05) is 14.2 Å². The van der Waals surface area contributed by atoms with Gasteiger partial charge in [-0.2, -0.15) is 0 Å². The first kappa shape index (κ1) is 17.5. The van der Waals surface area contributed by atoms with E-state index in [-0.39, 0.29) is 24.2 Å². The summed E-state index contributed by atoms with van der Waals surface area (Å²) in [6.45, 7) is 1.96. The van der Waals surface area contributed by atoms with Crippen molar-refractivity contribution in [2.45, 2.75) is 19.6 Å². The highest BCUT2D eigenvalue weighted by Crippen LogP contribution is 2.20. The van der Waals surface area contributed by atoms with Crippen LogP contribution in [0.1, 0.15) is 35.0 Å². The number of rotatable bonds is 7. The Balaban J connectivity index is 1.60. The molecule has 8 nitrogen and oxygen atoms in total. The van der Waals surface area contributed by atoms with E-state index >= 15 is 0 Å². The fourth-order valence-electron chi connectivity index (χ4n) is 2.28. The van der Waals surface area contributed by atoms with Crippen LogP contribution in [0.15, 0.2) is 51.8 Å². The van der Waals surface area contributed by atoms with Crippen molar-refractivity contribution < 1.29 is 23.2 Å². The number of aromatic nitrogens is 2. The average Bonchev–Trinajstić information content (AvgIpc) is 3.37. The third-order valence-corrected chi connectivity index (χ3v) is 3.98. The van der Waals surface area contributed by atoms with E-state index in [0.29, 0.717) is 17.3 Å². The van der Waals surface area contributed by atoms with Crippen LogP contribution in [-0.4, -0.2) is 35.1 Å². The van der Waals surface area contributed by atoms with Crippen molar-refractivity contribution in [3.63, 3.8) is 0 Å². The van der Waals surface area contributed by atoms with Gasteiger partial charge in [0.05, 0.1) is 13.2 Å². The second-order valence-electron chi connectivity index (χ2n) is 5.61. The Labute approximate surface area is 150 Å². The van der Waals surface area contributed by atoms with Crippen LogP contribution in [-0.2, 0) is 6.61 Å². The Kier molecular flexibility index (Phi) is 5.21. The molecule has 0 spiro atoms. The number of carbonyl (C=O) groups excluding carboxylic acids is 1. The molecule has 3 rings (SSSR count). The van der Waals surface area contributed by atoms with Gasteiger partial charge in [-0.1, -0.05) is 5.16 Å². The van der Waals surface area contributed by atoms with Crippen LogP contribution in [0.25, 0.3) is 0 Å². The number of hydrogen-bond donors (Lipinski definition) is 0. The number of nitrogens with zero attached hydrogens (tertiary/aromatic N) is 3. The molecule has 26 heavy (non-hydrogen) atoms. The molecule has 0 aliphatic carbocycles. The van der Waals surface area contributed by atoms with Crippen molar-refractivity contribution in [2.24, 2.45) is 0 Å². The topological polar surface area (TPSA) is 90.8 Å². The molecule has 8 heteroatoms. The average molecular weight is 357 g/mol. The first-order valence-corrected chi connectivity index (χ1v) is 7.97. The Morgan fingerprint density at radius 3 is 2.62 bits per heavy atom. The number of methoxy groups -OCH3 is 1. The van der Waals surface area contributed by atoms with Gasteiger partial charge in [-0.25, -0.2) is 4.98 Å². The van der Waals surface area contributed by atoms with Crippen LogP contribution in [0, 0.1) is 0 Å². The van der Waals surface area contributed by atoms with Crippen LogP contribution >= 0.6 is 0 Å². The molecule has 0 bridgehead atoms. The molecule has 136 valence electrons. The second-order valence-corrected chi connectivity index (χ2v) is 5.61. The van der Waals surface area contributed by atoms with Crippen LogP contribution in [0.5, 0.6) is 11.5 Å². The minimum atomic E-state index is -0.278. The molecular weight excluding hydrogens is 338 g/mol. The Morgan fingerprint density at radius 2 is 1.96 bits per heavy atom. The summed E-state index contributed by atoms with van der Waals surface area (Å²) in [6.07, 6.45) is 2.79.